The Morgan fingerprint density at radius 3 is 2.70 bits per heavy atom. The maximum absolute atomic E-state index is 12.4. The summed E-state index contributed by atoms with van der Waals surface area (Å²) in [4.78, 5) is 19.2. The summed E-state index contributed by atoms with van der Waals surface area (Å²) in [7, 11) is 0. The lowest BCUT2D eigenvalue weighted by molar-refractivity contribution is 0.0526. The molecular formula is C28H29N3O2. The second kappa shape index (κ2) is 9.59. The number of benzene rings is 2. The van der Waals surface area contributed by atoms with E-state index < -0.39 is 0 Å². The number of fused-ring (bicyclic) bond motifs is 3. The first-order valence-electron chi connectivity index (χ1n) is 11.7. The lowest BCUT2D eigenvalue weighted by Gasteiger charge is -2.28. The fraction of sp³-hybridized carbons (Fsp3) is 0.286. The van der Waals surface area contributed by atoms with E-state index in [1.165, 1.54) is 27.9 Å². The summed E-state index contributed by atoms with van der Waals surface area (Å²) in [5.74, 6) is -0.256. The van der Waals surface area contributed by atoms with Crippen LogP contribution in [0.2, 0.25) is 0 Å². The van der Waals surface area contributed by atoms with Gasteiger partial charge in [0.1, 0.15) is 0 Å². The number of aromatic nitrogens is 2. The van der Waals surface area contributed by atoms with Crippen LogP contribution in [-0.4, -0.2) is 40.1 Å². The Balaban J connectivity index is 1.49. The average molecular weight is 440 g/mol. The normalized spacial score (nSPS) is 13.7. The van der Waals surface area contributed by atoms with Crippen molar-refractivity contribution in [2.75, 3.05) is 19.7 Å². The molecule has 5 nitrogen and oxygen atoms in total. The molecule has 4 aromatic rings. The first-order valence-corrected chi connectivity index (χ1v) is 11.7. The zero-order valence-corrected chi connectivity index (χ0v) is 19.0. The number of carbonyl (C=O) groups is 1. The molecule has 33 heavy (non-hydrogen) atoms. The molecule has 168 valence electrons. The third-order valence-electron chi connectivity index (χ3n) is 6.47. The lowest BCUT2D eigenvalue weighted by Crippen LogP contribution is -2.32. The summed E-state index contributed by atoms with van der Waals surface area (Å²) in [6.07, 6.45) is 5.75. The summed E-state index contributed by atoms with van der Waals surface area (Å²) in [5.41, 5.74) is 7.07. The number of hydrogen-bond donors (Lipinski definition) is 0. The molecule has 0 aliphatic carbocycles. The molecule has 0 saturated carbocycles. The molecule has 0 saturated heterocycles. The maximum atomic E-state index is 12.4. The topological polar surface area (TPSA) is 47.4 Å². The van der Waals surface area contributed by atoms with Crippen LogP contribution >= 0.6 is 0 Å². The lowest BCUT2D eigenvalue weighted by atomic mass is 10.0. The van der Waals surface area contributed by atoms with Crippen molar-refractivity contribution in [2.24, 2.45) is 0 Å². The minimum Gasteiger partial charge on any atom is -0.462 e. The van der Waals surface area contributed by atoms with Crippen molar-refractivity contribution < 1.29 is 9.53 Å². The van der Waals surface area contributed by atoms with Crippen LogP contribution in [0.5, 0.6) is 0 Å². The number of pyridine rings is 1. The minimum atomic E-state index is -0.256. The molecule has 1 aliphatic rings. The maximum Gasteiger partial charge on any atom is 0.338 e. The Kier molecular flexibility index (Phi) is 6.22. The second-order valence-corrected chi connectivity index (χ2v) is 8.59. The first kappa shape index (κ1) is 21.4. The van der Waals surface area contributed by atoms with E-state index in [2.05, 4.69) is 56.9 Å². The highest BCUT2D eigenvalue weighted by Crippen LogP contribution is 2.32. The molecule has 0 unspecified atom stereocenters. The van der Waals surface area contributed by atoms with Crippen LogP contribution in [-0.2, 0) is 30.7 Å². The van der Waals surface area contributed by atoms with Gasteiger partial charge in [-0.3, -0.25) is 9.88 Å². The molecule has 0 bridgehead atoms. The summed E-state index contributed by atoms with van der Waals surface area (Å²) in [6, 6.07) is 20.7. The van der Waals surface area contributed by atoms with Gasteiger partial charge in [0.25, 0.3) is 0 Å². The molecular weight excluding hydrogens is 410 g/mol. The van der Waals surface area contributed by atoms with Gasteiger partial charge in [-0.05, 0) is 54.3 Å². The van der Waals surface area contributed by atoms with Crippen molar-refractivity contribution in [3.05, 3.63) is 101 Å². The SMILES string of the molecule is CCOC(=O)c1ccc2c(c1)c1c(n2Cc2ccccc2)CCN(CCc2cccnc2)C1. The second-order valence-electron chi connectivity index (χ2n) is 8.59. The van der Waals surface area contributed by atoms with E-state index in [4.69, 9.17) is 4.74 Å². The molecule has 5 rings (SSSR count). The van der Waals surface area contributed by atoms with Crippen LogP contribution in [0.4, 0.5) is 0 Å². The van der Waals surface area contributed by atoms with Crippen molar-refractivity contribution in [2.45, 2.75) is 32.9 Å². The summed E-state index contributed by atoms with van der Waals surface area (Å²) in [6.45, 7) is 5.97. The van der Waals surface area contributed by atoms with Gasteiger partial charge in [0.2, 0.25) is 0 Å². The summed E-state index contributed by atoms with van der Waals surface area (Å²) < 4.78 is 7.71. The van der Waals surface area contributed by atoms with Crippen molar-refractivity contribution in [1.82, 2.24) is 14.5 Å². The van der Waals surface area contributed by atoms with E-state index in [9.17, 15) is 4.79 Å². The van der Waals surface area contributed by atoms with Crippen molar-refractivity contribution in [1.29, 1.82) is 0 Å². The molecule has 0 fully saturated rings. The first-order chi connectivity index (χ1) is 16.2. The Labute approximate surface area is 194 Å². The molecule has 0 spiro atoms. The van der Waals surface area contributed by atoms with E-state index in [1.807, 2.05) is 37.5 Å². The number of ether oxygens (including phenoxy) is 1. The quantitative estimate of drug-likeness (QED) is 0.386. The van der Waals surface area contributed by atoms with Crippen molar-refractivity contribution in [3.63, 3.8) is 0 Å². The molecule has 3 heterocycles. The molecule has 0 radical (unpaired) electrons. The minimum absolute atomic E-state index is 0.256. The highest BCUT2D eigenvalue weighted by molar-refractivity contribution is 5.96. The number of esters is 1. The van der Waals surface area contributed by atoms with Gasteiger partial charge < -0.3 is 9.30 Å². The van der Waals surface area contributed by atoms with Crippen LogP contribution in [0.15, 0.2) is 73.1 Å². The monoisotopic (exact) mass is 439 g/mol. The van der Waals surface area contributed by atoms with Crippen molar-refractivity contribution >= 4 is 16.9 Å². The zero-order valence-electron chi connectivity index (χ0n) is 19.0. The zero-order chi connectivity index (χ0) is 22.6. The van der Waals surface area contributed by atoms with Crippen LogP contribution in [0.3, 0.4) is 0 Å². The van der Waals surface area contributed by atoms with Crippen LogP contribution in [0, 0.1) is 0 Å². The van der Waals surface area contributed by atoms with Gasteiger partial charge in [-0.2, -0.15) is 0 Å². The number of carbonyl (C=O) groups excluding carboxylic acids is 1. The third kappa shape index (κ3) is 4.55. The van der Waals surface area contributed by atoms with E-state index in [0.717, 1.165) is 44.4 Å². The highest BCUT2D eigenvalue weighted by Gasteiger charge is 2.25. The fourth-order valence-corrected chi connectivity index (χ4v) is 4.82. The largest absolute Gasteiger partial charge is 0.462 e. The van der Waals surface area contributed by atoms with E-state index in [-0.39, 0.29) is 5.97 Å². The van der Waals surface area contributed by atoms with Gasteiger partial charge in [-0.25, -0.2) is 4.79 Å². The average Bonchev–Trinajstić information content (AvgIpc) is 3.16. The van der Waals surface area contributed by atoms with Crippen LogP contribution < -0.4 is 0 Å². The molecule has 2 aromatic carbocycles. The predicted molar refractivity (Wildman–Crippen MR) is 130 cm³/mol. The van der Waals surface area contributed by atoms with Crippen LogP contribution in [0.1, 0.15) is 39.7 Å². The third-order valence-corrected chi connectivity index (χ3v) is 6.47. The fourth-order valence-electron chi connectivity index (χ4n) is 4.82. The van der Waals surface area contributed by atoms with E-state index >= 15 is 0 Å². The number of hydrogen-bond acceptors (Lipinski definition) is 4. The van der Waals surface area contributed by atoms with Gasteiger partial charge >= 0.3 is 5.97 Å². The highest BCUT2D eigenvalue weighted by atomic mass is 16.5. The standard InChI is InChI=1S/C28H29N3O2/c1-2-33-28(32)23-10-11-26-24(17-23)25-20-30(15-12-21-9-6-14-29-18-21)16-13-27(25)31(26)19-22-7-4-3-5-8-22/h3-11,14,17-18H,2,12-13,15-16,19-20H2,1H3. The Morgan fingerprint density at radius 1 is 1.06 bits per heavy atom. The molecule has 0 N–H and O–H groups in total. The molecule has 5 heteroatoms. The summed E-state index contributed by atoms with van der Waals surface area (Å²) >= 11 is 0. The predicted octanol–water partition coefficient (Wildman–Crippen LogP) is 4.86. The van der Waals surface area contributed by atoms with E-state index in [1.54, 1.807) is 0 Å². The smallest absolute Gasteiger partial charge is 0.338 e. The Hall–Kier alpha value is -3.44. The Morgan fingerprint density at radius 2 is 1.91 bits per heavy atom. The van der Waals surface area contributed by atoms with Gasteiger partial charge in [-0.15, -0.1) is 0 Å². The molecule has 2 aromatic heterocycles. The van der Waals surface area contributed by atoms with Crippen molar-refractivity contribution in [3.8, 4) is 0 Å². The van der Waals surface area contributed by atoms with Crippen LogP contribution in [0.25, 0.3) is 10.9 Å². The van der Waals surface area contributed by atoms with Gasteiger partial charge in [0.15, 0.2) is 0 Å². The molecule has 1 aliphatic heterocycles. The number of nitrogens with zero attached hydrogens (tertiary/aromatic N) is 3. The van der Waals surface area contributed by atoms with Gasteiger partial charge in [0.05, 0.1) is 12.2 Å². The number of rotatable bonds is 7. The summed E-state index contributed by atoms with van der Waals surface area (Å²) in [5, 5.41) is 1.16. The molecule has 0 atom stereocenters. The molecule has 0 amide bonds. The van der Waals surface area contributed by atoms with Gasteiger partial charge in [-0.1, -0.05) is 36.4 Å². The van der Waals surface area contributed by atoms with E-state index in [0.29, 0.717) is 12.2 Å². The Bertz CT molecular complexity index is 1250. The van der Waals surface area contributed by atoms with Gasteiger partial charge in [0, 0.05) is 61.6 Å².